The largest absolute Gasteiger partial charge is 0.359 e. The maximum atomic E-state index is 11.6. The Morgan fingerprint density at radius 3 is 2.60 bits per heavy atom. The summed E-state index contributed by atoms with van der Waals surface area (Å²) in [6.07, 6.45) is 3.71. The molecule has 0 saturated carbocycles. The molecule has 4 heteroatoms. The van der Waals surface area contributed by atoms with Gasteiger partial charge in [-0.25, -0.2) is 0 Å². The summed E-state index contributed by atoms with van der Waals surface area (Å²) in [6, 6.07) is 0.416. The monoisotopic (exact) mass is 233 g/mol. The minimum atomic E-state index is -0.789. The molecule has 0 aromatic rings. The minimum Gasteiger partial charge on any atom is -0.359 e. The molecule has 0 radical (unpaired) electrons. The van der Waals surface area contributed by atoms with E-state index in [-0.39, 0.29) is 11.5 Å². The van der Waals surface area contributed by atoms with E-state index >= 15 is 0 Å². The molecule has 0 aromatic carbocycles. The lowest BCUT2D eigenvalue weighted by Gasteiger charge is -2.28. The average molecular weight is 233 g/mol. The zero-order valence-corrected chi connectivity index (χ0v) is 11.0. The highest BCUT2D eigenvalue weighted by Gasteiger charge is 2.35. The normalized spacial score (nSPS) is 33.5. The number of hydrogen-bond donors (Lipinski definition) is 0. The summed E-state index contributed by atoms with van der Waals surface area (Å²) in [4.78, 5) is 2.20. The number of rotatable bonds is 5. The molecule has 1 rings (SSSR count). The molecular formula is C11H23NO2S. The Morgan fingerprint density at radius 1 is 1.53 bits per heavy atom. The van der Waals surface area contributed by atoms with E-state index in [4.69, 9.17) is 4.74 Å². The Kier molecular flexibility index (Phi) is 5.23. The van der Waals surface area contributed by atoms with Gasteiger partial charge in [0.2, 0.25) is 0 Å². The van der Waals surface area contributed by atoms with Gasteiger partial charge in [0.1, 0.15) is 5.44 Å². The van der Waals surface area contributed by atoms with Crippen molar-refractivity contribution in [3.05, 3.63) is 0 Å². The second-order valence-electron chi connectivity index (χ2n) is 4.46. The van der Waals surface area contributed by atoms with E-state index in [1.54, 1.807) is 0 Å². The number of unbranched alkanes of at least 4 members (excludes halogenated alkanes) is 1. The summed E-state index contributed by atoms with van der Waals surface area (Å²) in [5, 5.41) is 0. The fourth-order valence-electron chi connectivity index (χ4n) is 2.04. The Labute approximate surface area is 95.6 Å². The van der Waals surface area contributed by atoms with Crippen LogP contribution in [0.15, 0.2) is 0 Å². The molecule has 0 spiro atoms. The van der Waals surface area contributed by atoms with Gasteiger partial charge in [0.25, 0.3) is 0 Å². The molecule has 0 aliphatic carbocycles. The topological polar surface area (TPSA) is 29.5 Å². The Morgan fingerprint density at radius 2 is 2.20 bits per heavy atom. The second-order valence-corrected chi connectivity index (χ2v) is 6.22. The standard InChI is InChI=1S/C11H23NO2S/c1-5-6-7-10(12(3)4)11-8-15(13)9(2)14-11/h9-11H,5-8H2,1-4H3. The molecule has 15 heavy (non-hydrogen) atoms. The predicted molar refractivity (Wildman–Crippen MR) is 64.3 cm³/mol. The van der Waals surface area contributed by atoms with Crippen LogP contribution in [-0.2, 0) is 15.5 Å². The van der Waals surface area contributed by atoms with Crippen molar-refractivity contribution < 1.29 is 8.95 Å². The third kappa shape index (κ3) is 3.54. The van der Waals surface area contributed by atoms with Crippen molar-refractivity contribution in [1.29, 1.82) is 0 Å². The van der Waals surface area contributed by atoms with Gasteiger partial charge in [-0.2, -0.15) is 0 Å². The van der Waals surface area contributed by atoms with Gasteiger partial charge >= 0.3 is 0 Å². The van der Waals surface area contributed by atoms with Gasteiger partial charge in [-0.15, -0.1) is 0 Å². The molecule has 4 unspecified atom stereocenters. The van der Waals surface area contributed by atoms with Crippen LogP contribution in [0.3, 0.4) is 0 Å². The van der Waals surface area contributed by atoms with Crippen molar-refractivity contribution in [2.75, 3.05) is 19.8 Å². The van der Waals surface area contributed by atoms with Gasteiger partial charge in [-0.05, 0) is 27.4 Å². The van der Waals surface area contributed by atoms with Crippen LogP contribution in [0.2, 0.25) is 0 Å². The summed E-state index contributed by atoms with van der Waals surface area (Å²) in [5.74, 6) is 0.702. The fraction of sp³-hybridized carbons (Fsp3) is 1.00. The van der Waals surface area contributed by atoms with Crippen LogP contribution >= 0.6 is 0 Å². The van der Waals surface area contributed by atoms with Crippen molar-refractivity contribution in [3.63, 3.8) is 0 Å². The molecule has 3 nitrogen and oxygen atoms in total. The first-order chi connectivity index (χ1) is 7.06. The maximum Gasteiger partial charge on any atom is 0.130 e. The second kappa shape index (κ2) is 5.97. The molecule has 0 amide bonds. The van der Waals surface area contributed by atoms with Crippen molar-refractivity contribution in [2.45, 2.75) is 50.7 Å². The molecule has 1 heterocycles. The van der Waals surface area contributed by atoms with Gasteiger partial charge < -0.3 is 9.64 Å². The Bertz CT molecular complexity index is 221. The van der Waals surface area contributed by atoms with Gasteiger partial charge in [0.05, 0.1) is 22.7 Å². The summed E-state index contributed by atoms with van der Waals surface area (Å²) >= 11 is 0. The lowest BCUT2D eigenvalue weighted by Crippen LogP contribution is -2.40. The van der Waals surface area contributed by atoms with Crippen molar-refractivity contribution >= 4 is 10.8 Å². The first-order valence-electron chi connectivity index (χ1n) is 5.75. The molecule has 0 N–H and O–H groups in total. The number of likely N-dealkylation sites (N-methyl/N-ethyl adjacent to an activating group) is 1. The lowest BCUT2D eigenvalue weighted by atomic mass is 10.0. The van der Waals surface area contributed by atoms with Crippen LogP contribution in [0.1, 0.15) is 33.1 Å². The van der Waals surface area contributed by atoms with E-state index in [1.165, 1.54) is 12.8 Å². The highest BCUT2D eigenvalue weighted by molar-refractivity contribution is 7.85. The molecule has 0 bridgehead atoms. The number of ether oxygens (including phenoxy) is 1. The molecule has 90 valence electrons. The highest BCUT2D eigenvalue weighted by atomic mass is 32.2. The van der Waals surface area contributed by atoms with E-state index in [9.17, 15) is 4.21 Å². The van der Waals surface area contributed by atoms with Crippen LogP contribution in [0.25, 0.3) is 0 Å². The van der Waals surface area contributed by atoms with Crippen LogP contribution in [0.4, 0.5) is 0 Å². The van der Waals surface area contributed by atoms with Crippen LogP contribution in [-0.4, -0.2) is 46.5 Å². The number of nitrogens with zero attached hydrogens (tertiary/aromatic N) is 1. The SMILES string of the molecule is CCCCC(C1CS(=O)C(C)O1)N(C)C. The minimum absolute atomic E-state index is 0.0842. The maximum absolute atomic E-state index is 11.6. The third-order valence-corrected chi connectivity index (χ3v) is 4.52. The predicted octanol–water partition coefficient (Wildman–Crippen LogP) is 1.60. The molecule has 4 atom stereocenters. The molecule has 1 aliphatic heterocycles. The van der Waals surface area contributed by atoms with Crippen LogP contribution < -0.4 is 0 Å². The van der Waals surface area contributed by atoms with E-state index in [1.807, 2.05) is 6.92 Å². The Balaban J connectivity index is 2.53. The quantitative estimate of drug-likeness (QED) is 0.722. The van der Waals surface area contributed by atoms with Crippen molar-refractivity contribution in [3.8, 4) is 0 Å². The van der Waals surface area contributed by atoms with E-state index in [0.29, 0.717) is 11.8 Å². The first kappa shape index (κ1) is 13.1. The summed E-state index contributed by atoms with van der Waals surface area (Å²) in [7, 11) is 3.37. The summed E-state index contributed by atoms with van der Waals surface area (Å²) in [6.45, 7) is 4.10. The highest BCUT2D eigenvalue weighted by Crippen LogP contribution is 2.22. The molecule has 1 saturated heterocycles. The Hall–Kier alpha value is 0.0700. The smallest absolute Gasteiger partial charge is 0.130 e. The molecular weight excluding hydrogens is 210 g/mol. The van der Waals surface area contributed by atoms with E-state index in [0.717, 1.165) is 6.42 Å². The molecule has 0 aromatic heterocycles. The van der Waals surface area contributed by atoms with Crippen molar-refractivity contribution in [1.82, 2.24) is 4.90 Å². The van der Waals surface area contributed by atoms with E-state index < -0.39 is 10.8 Å². The van der Waals surface area contributed by atoms with Gasteiger partial charge in [-0.1, -0.05) is 19.8 Å². The van der Waals surface area contributed by atoms with Crippen molar-refractivity contribution in [2.24, 2.45) is 0 Å². The molecule has 1 aliphatic rings. The first-order valence-corrected chi connectivity index (χ1v) is 7.13. The van der Waals surface area contributed by atoms with Crippen LogP contribution in [0, 0.1) is 0 Å². The number of hydrogen-bond acceptors (Lipinski definition) is 3. The fourth-order valence-corrected chi connectivity index (χ4v) is 3.20. The lowest BCUT2D eigenvalue weighted by molar-refractivity contribution is 0.0153. The van der Waals surface area contributed by atoms with Gasteiger partial charge in [0, 0.05) is 6.04 Å². The van der Waals surface area contributed by atoms with Gasteiger partial charge in [0.15, 0.2) is 0 Å². The molecule has 1 fully saturated rings. The van der Waals surface area contributed by atoms with E-state index in [2.05, 4.69) is 25.9 Å². The third-order valence-electron chi connectivity index (χ3n) is 3.01. The summed E-state index contributed by atoms with van der Waals surface area (Å²) in [5.41, 5.74) is -0.0842. The van der Waals surface area contributed by atoms with Gasteiger partial charge in [-0.3, -0.25) is 4.21 Å². The average Bonchev–Trinajstić information content (AvgIpc) is 2.47. The zero-order valence-electron chi connectivity index (χ0n) is 10.2. The van der Waals surface area contributed by atoms with Crippen LogP contribution in [0.5, 0.6) is 0 Å². The summed E-state index contributed by atoms with van der Waals surface area (Å²) < 4.78 is 17.3. The zero-order chi connectivity index (χ0) is 11.4.